The molecule has 6 nitrogen and oxygen atoms in total. The lowest BCUT2D eigenvalue weighted by Crippen LogP contribution is -1.86. The summed E-state index contributed by atoms with van der Waals surface area (Å²) in [6, 6.07) is 21.3. The van der Waals surface area contributed by atoms with E-state index in [9.17, 15) is 20.4 Å². The minimum atomic E-state index is -0.196. The van der Waals surface area contributed by atoms with Gasteiger partial charge in [0, 0.05) is 23.6 Å². The lowest BCUT2D eigenvalue weighted by atomic mass is 10.00. The number of nitrogens with zero attached hydrogens (tertiary/aromatic N) is 2. The molecule has 34 heavy (non-hydrogen) atoms. The summed E-state index contributed by atoms with van der Waals surface area (Å²) in [6.07, 6.45) is 3.05. The van der Waals surface area contributed by atoms with Crippen LogP contribution in [0, 0.1) is 13.8 Å². The van der Waals surface area contributed by atoms with Crippen LogP contribution in [0.25, 0.3) is 11.1 Å². The van der Waals surface area contributed by atoms with E-state index < -0.39 is 0 Å². The lowest BCUT2D eigenvalue weighted by molar-refractivity contribution is 0.403. The summed E-state index contributed by atoms with van der Waals surface area (Å²) in [4.78, 5) is 8.91. The van der Waals surface area contributed by atoms with E-state index in [0.717, 1.165) is 33.6 Å². The SMILES string of the molecule is Cc1cc(-c2ccc(N=Cc3cccc(O)c3O)c(C)c2)ccc1N=Cc1cccc(O)c1O. The third-order valence-electron chi connectivity index (χ3n) is 5.50. The van der Waals surface area contributed by atoms with E-state index in [1.54, 1.807) is 24.3 Å². The van der Waals surface area contributed by atoms with Crippen molar-refractivity contribution in [1.82, 2.24) is 0 Å². The smallest absolute Gasteiger partial charge is 0.166 e. The van der Waals surface area contributed by atoms with Gasteiger partial charge in [0.2, 0.25) is 0 Å². The maximum absolute atomic E-state index is 9.94. The summed E-state index contributed by atoms with van der Waals surface area (Å²) >= 11 is 0. The fraction of sp³-hybridized carbons (Fsp3) is 0.0714. The number of hydrogen-bond donors (Lipinski definition) is 4. The summed E-state index contributed by atoms with van der Waals surface area (Å²) in [5.41, 5.74) is 6.39. The molecule has 170 valence electrons. The van der Waals surface area contributed by atoms with Gasteiger partial charge in [0.1, 0.15) is 0 Å². The first-order chi connectivity index (χ1) is 16.3. The Kier molecular flexibility index (Phi) is 6.32. The van der Waals surface area contributed by atoms with E-state index in [0.29, 0.717) is 11.1 Å². The monoisotopic (exact) mass is 452 g/mol. The molecule has 6 heteroatoms. The predicted octanol–water partition coefficient (Wildman–Crippen LogP) is 6.29. The summed E-state index contributed by atoms with van der Waals surface area (Å²) in [7, 11) is 0. The first kappa shape index (κ1) is 22.6. The van der Waals surface area contributed by atoms with Crippen molar-refractivity contribution in [1.29, 1.82) is 0 Å². The van der Waals surface area contributed by atoms with Crippen molar-refractivity contribution in [2.45, 2.75) is 13.8 Å². The van der Waals surface area contributed by atoms with E-state index in [2.05, 4.69) is 9.98 Å². The average Bonchev–Trinajstić information content (AvgIpc) is 2.82. The Balaban J connectivity index is 1.55. The molecule has 0 amide bonds. The van der Waals surface area contributed by atoms with Crippen LogP contribution in [0.2, 0.25) is 0 Å². The average molecular weight is 453 g/mol. The van der Waals surface area contributed by atoms with E-state index in [-0.39, 0.29) is 23.0 Å². The Morgan fingerprint density at radius 1 is 0.559 bits per heavy atom. The highest BCUT2D eigenvalue weighted by atomic mass is 16.3. The standard InChI is InChI=1S/C28H24N2O4/c1-17-13-19(9-11-23(17)29-15-21-5-3-7-25(31)27(21)33)20-10-12-24(18(2)14-20)30-16-22-6-4-8-26(32)28(22)34/h3-16,31-34H,1-2H3. The number of phenols is 4. The second-order valence-corrected chi connectivity index (χ2v) is 7.95. The van der Waals surface area contributed by atoms with E-state index in [1.165, 1.54) is 24.6 Å². The highest BCUT2D eigenvalue weighted by Crippen LogP contribution is 2.32. The predicted molar refractivity (Wildman–Crippen MR) is 135 cm³/mol. The molecule has 0 unspecified atom stereocenters. The summed E-state index contributed by atoms with van der Waals surface area (Å²) < 4.78 is 0. The maximum atomic E-state index is 9.94. The summed E-state index contributed by atoms with van der Waals surface area (Å²) in [5, 5.41) is 39.1. The highest BCUT2D eigenvalue weighted by Gasteiger charge is 2.07. The van der Waals surface area contributed by atoms with Gasteiger partial charge in [-0.15, -0.1) is 0 Å². The largest absolute Gasteiger partial charge is 0.504 e. The molecule has 0 aliphatic carbocycles. The second-order valence-electron chi connectivity index (χ2n) is 7.95. The summed E-state index contributed by atoms with van der Waals surface area (Å²) in [5.74, 6) is -0.758. The lowest BCUT2D eigenvalue weighted by Gasteiger charge is -2.09. The molecule has 0 aromatic heterocycles. The van der Waals surface area contributed by atoms with Crippen LogP contribution >= 0.6 is 0 Å². The van der Waals surface area contributed by atoms with Crippen molar-refractivity contribution in [2.24, 2.45) is 9.98 Å². The normalized spacial score (nSPS) is 11.5. The topological polar surface area (TPSA) is 106 Å². The molecular weight excluding hydrogens is 428 g/mol. The van der Waals surface area contributed by atoms with Crippen LogP contribution in [0.15, 0.2) is 82.8 Å². The molecule has 4 aromatic carbocycles. The number of para-hydroxylation sites is 2. The van der Waals surface area contributed by atoms with Gasteiger partial charge in [-0.2, -0.15) is 0 Å². The number of phenolic OH excluding ortho intramolecular Hbond substituents is 4. The molecule has 0 heterocycles. The molecule has 4 aromatic rings. The van der Waals surface area contributed by atoms with Gasteiger partial charge in [-0.3, -0.25) is 9.98 Å². The minimum absolute atomic E-state index is 0.183. The molecule has 4 N–H and O–H groups in total. The number of benzene rings is 4. The van der Waals surface area contributed by atoms with Crippen molar-refractivity contribution in [3.05, 3.63) is 95.1 Å². The first-order valence-electron chi connectivity index (χ1n) is 10.6. The summed E-state index contributed by atoms with van der Waals surface area (Å²) in [6.45, 7) is 3.93. The van der Waals surface area contributed by atoms with Crippen LogP contribution in [0.3, 0.4) is 0 Å². The maximum Gasteiger partial charge on any atom is 0.166 e. The Hall–Kier alpha value is -4.58. The van der Waals surface area contributed by atoms with Crippen LogP contribution < -0.4 is 0 Å². The number of hydrogen-bond acceptors (Lipinski definition) is 6. The van der Waals surface area contributed by atoms with Crippen LogP contribution in [0.1, 0.15) is 22.3 Å². The molecule has 0 fully saturated rings. The molecule has 0 aliphatic heterocycles. The van der Waals surface area contributed by atoms with Crippen molar-refractivity contribution >= 4 is 23.8 Å². The fourth-order valence-corrected chi connectivity index (χ4v) is 3.54. The molecule has 0 bridgehead atoms. The minimum Gasteiger partial charge on any atom is -0.504 e. The zero-order chi connectivity index (χ0) is 24.2. The van der Waals surface area contributed by atoms with E-state index in [1.807, 2.05) is 50.2 Å². The van der Waals surface area contributed by atoms with Crippen molar-refractivity contribution < 1.29 is 20.4 Å². The van der Waals surface area contributed by atoms with E-state index >= 15 is 0 Å². The highest BCUT2D eigenvalue weighted by molar-refractivity contribution is 5.88. The van der Waals surface area contributed by atoms with Crippen molar-refractivity contribution in [3.63, 3.8) is 0 Å². The van der Waals surface area contributed by atoms with Gasteiger partial charge in [-0.05, 0) is 84.6 Å². The number of aromatic hydroxyl groups is 4. The zero-order valence-electron chi connectivity index (χ0n) is 18.8. The molecule has 0 aliphatic rings. The second kappa shape index (κ2) is 9.50. The first-order valence-corrected chi connectivity index (χ1v) is 10.6. The molecule has 0 saturated carbocycles. The van der Waals surface area contributed by atoms with Gasteiger partial charge in [-0.25, -0.2) is 0 Å². The Bertz CT molecular complexity index is 1320. The van der Waals surface area contributed by atoms with Crippen LogP contribution in [-0.4, -0.2) is 32.9 Å². The quantitative estimate of drug-likeness (QED) is 0.211. The van der Waals surface area contributed by atoms with Crippen LogP contribution in [-0.2, 0) is 0 Å². The fourth-order valence-electron chi connectivity index (χ4n) is 3.54. The Labute approximate surface area is 197 Å². The van der Waals surface area contributed by atoms with Gasteiger partial charge in [0.25, 0.3) is 0 Å². The van der Waals surface area contributed by atoms with E-state index in [4.69, 9.17) is 0 Å². The Morgan fingerprint density at radius 3 is 1.35 bits per heavy atom. The molecule has 0 atom stereocenters. The third-order valence-corrected chi connectivity index (χ3v) is 5.50. The molecule has 0 radical (unpaired) electrons. The molecule has 4 rings (SSSR count). The molecular formula is C28H24N2O4. The number of aliphatic imine (C=N–C) groups is 2. The van der Waals surface area contributed by atoms with Gasteiger partial charge in [0.15, 0.2) is 23.0 Å². The van der Waals surface area contributed by atoms with Gasteiger partial charge >= 0.3 is 0 Å². The third kappa shape index (κ3) is 4.76. The number of aryl methyl sites for hydroxylation is 2. The van der Waals surface area contributed by atoms with Gasteiger partial charge < -0.3 is 20.4 Å². The van der Waals surface area contributed by atoms with Gasteiger partial charge in [0.05, 0.1) is 11.4 Å². The van der Waals surface area contributed by atoms with Crippen molar-refractivity contribution in [3.8, 4) is 34.1 Å². The zero-order valence-corrected chi connectivity index (χ0v) is 18.8. The van der Waals surface area contributed by atoms with Gasteiger partial charge in [-0.1, -0.05) is 24.3 Å². The van der Waals surface area contributed by atoms with Crippen LogP contribution in [0.4, 0.5) is 11.4 Å². The molecule has 0 saturated heterocycles. The molecule has 0 spiro atoms. The Morgan fingerprint density at radius 2 is 0.971 bits per heavy atom. The number of rotatable bonds is 5. The van der Waals surface area contributed by atoms with Crippen molar-refractivity contribution in [2.75, 3.05) is 0 Å². The van der Waals surface area contributed by atoms with Crippen LogP contribution in [0.5, 0.6) is 23.0 Å².